The van der Waals surface area contributed by atoms with Gasteiger partial charge in [0.25, 0.3) is 15.6 Å². The first-order chi connectivity index (χ1) is 14.5. The normalized spacial score (nSPS) is 31.8. The van der Waals surface area contributed by atoms with Gasteiger partial charge in [-0.25, -0.2) is 23.2 Å². The van der Waals surface area contributed by atoms with Crippen LogP contribution < -0.4 is 15.5 Å². The van der Waals surface area contributed by atoms with Gasteiger partial charge in [-0.3, -0.25) is 13.7 Å². The Labute approximate surface area is 184 Å². The maximum Gasteiger partial charge on any atom is 0.478 e. The van der Waals surface area contributed by atoms with Crippen molar-refractivity contribution in [2.45, 2.75) is 30.2 Å². The molecular formula is C12H16ClN4O12P3-2. The number of rotatable bonds is 8. The van der Waals surface area contributed by atoms with Crippen molar-refractivity contribution in [2.75, 3.05) is 12.3 Å². The SMILES string of the molecule is C[C@@]1(Cl)[C@H](O)[C@@H](COP(=O)(O)OP(=O)([O-])OP(=O)([O-])O)O[C@H]1n1ccc2c(N)ncnc21. The van der Waals surface area contributed by atoms with Gasteiger partial charge in [-0.1, -0.05) is 0 Å². The van der Waals surface area contributed by atoms with Gasteiger partial charge in [-0.05, 0) is 13.0 Å². The summed E-state index contributed by atoms with van der Waals surface area (Å²) in [7, 11) is -17.3. The van der Waals surface area contributed by atoms with Crippen LogP contribution in [0.1, 0.15) is 13.2 Å². The van der Waals surface area contributed by atoms with Crippen LogP contribution in [-0.4, -0.2) is 53.1 Å². The smallest absolute Gasteiger partial charge is 0.478 e. The number of hydrogen-bond acceptors (Lipinski definition) is 13. The lowest BCUT2D eigenvalue weighted by molar-refractivity contribution is -0.236. The third-order valence-electron chi connectivity index (χ3n) is 4.32. The summed E-state index contributed by atoms with van der Waals surface area (Å²) in [5, 5.41) is 11.0. The summed E-state index contributed by atoms with van der Waals surface area (Å²) in [6.45, 7) is 0.486. The summed E-state index contributed by atoms with van der Waals surface area (Å²) in [5.74, 6) is 0.177. The number of fused-ring (bicyclic) bond motifs is 1. The number of ether oxygens (including phenoxy) is 1. The summed E-state index contributed by atoms with van der Waals surface area (Å²) in [6.07, 6.45) is -1.27. The number of anilines is 1. The van der Waals surface area contributed by atoms with E-state index >= 15 is 0 Å². The predicted octanol–water partition coefficient (Wildman–Crippen LogP) is -0.651. The highest BCUT2D eigenvalue weighted by molar-refractivity contribution is 7.65. The van der Waals surface area contributed by atoms with Crippen molar-refractivity contribution >= 4 is 51.9 Å². The Morgan fingerprint density at radius 3 is 2.59 bits per heavy atom. The monoisotopic (exact) mass is 536 g/mol. The van der Waals surface area contributed by atoms with Crippen molar-refractivity contribution in [3.63, 3.8) is 0 Å². The molecule has 3 heterocycles. The molecule has 3 rings (SSSR count). The summed E-state index contributed by atoms with van der Waals surface area (Å²) in [6, 6.07) is 1.58. The standard InChI is InChI=1S/C12H18ClN4O12P3/c1-12(13)8(18)7(4-26-31(22,23)29-32(24,25)28-30(19,20)21)27-11(12)17-3-2-6-9(14)15-5-16-10(6)17/h2-3,5,7-8,11,18H,4H2,1H3,(H,22,23)(H,24,25)(H2,14,15,16)(H2,19,20,21)/p-2/t7-,8-,11-,12-/m1/s1. The number of nitrogen functional groups attached to an aromatic ring is 1. The predicted molar refractivity (Wildman–Crippen MR) is 101 cm³/mol. The molecule has 7 atom stereocenters. The molecule has 1 saturated heterocycles. The van der Waals surface area contributed by atoms with E-state index in [0.29, 0.717) is 11.0 Å². The van der Waals surface area contributed by atoms with Crippen molar-refractivity contribution < 1.29 is 56.3 Å². The second kappa shape index (κ2) is 8.67. The molecule has 0 bridgehead atoms. The van der Waals surface area contributed by atoms with Gasteiger partial charge in [-0.2, -0.15) is 0 Å². The molecule has 32 heavy (non-hydrogen) atoms. The Balaban J connectivity index is 1.74. The fraction of sp³-hybridized carbons (Fsp3) is 0.500. The molecule has 1 fully saturated rings. The Kier molecular flexibility index (Phi) is 6.96. The van der Waals surface area contributed by atoms with Crippen LogP contribution in [0, 0.1) is 0 Å². The van der Waals surface area contributed by atoms with Gasteiger partial charge in [0.05, 0.1) is 12.0 Å². The van der Waals surface area contributed by atoms with E-state index in [-0.39, 0.29) is 5.82 Å². The number of hydrogen-bond donors (Lipinski definition) is 4. The molecule has 16 nitrogen and oxygen atoms in total. The van der Waals surface area contributed by atoms with Crippen molar-refractivity contribution in [1.29, 1.82) is 0 Å². The first kappa shape index (κ1) is 25.7. The van der Waals surface area contributed by atoms with Crippen LogP contribution in [0.3, 0.4) is 0 Å². The van der Waals surface area contributed by atoms with Crippen molar-refractivity contribution in [1.82, 2.24) is 14.5 Å². The Morgan fingerprint density at radius 1 is 1.31 bits per heavy atom. The third-order valence-corrected chi connectivity index (χ3v) is 8.45. The van der Waals surface area contributed by atoms with Crippen molar-refractivity contribution in [3.8, 4) is 0 Å². The molecule has 5 N–H and O–H groups in total. The Morgan fingerprint density at radius 2 is 1.97 bits per heavy atom. The van der Waals surface area contributed by atoms with Gasteiger partial charge >= 0.3 is 7.82 Å². The molecule has 2 aromatic rings. The van der Waals surface area contributed by atoms with Gasteiger partial charge < -0.3 is 39.7 Å². The lowest BCUT2D eigenvalue weighted by Gasteiger charge is -2.28. The molecular weight excluding hydrogens is 521 g/mol. The zero-order valence-electron chi connectivity index (χ0n) is 15.8. The van der Waals surface area contributed by atoms with E-state index in [1.165, 1.54) is 24.0 Å². The first-order valence-electron chi connectivity index (χ1n) is 8.37. The van der Waals surface area contributed by atoms with Crippen LogP contribution in [0.25, 0.3) is 11.0 Å². The minimum Gasteiger partial charge on any atom is -0.756 e. The van der Waals surface area contributed by atoms with Crippen LogP contribution in [-0.2, 0) is 31.6 Å². The summed E-state index contributed by atoms with van der Waals surface area (Å²) in [5.41, 5.74) is 6.10. The van der Waals surface area contributed by atoms with Gasteiger partial charge in [-0.15, -0.1) is 11.6 Å². The third kappa shape index (κ3) is 5.57. The van der Waals surface area contributed by atoms with Crippen LogP contribution in [0.4, 0.5) is 5.82 Å². The van der Waals surface area contributed by atoms with E-state index in [1.807, 2.05) is 0 Å². The second-order valence-electron chi connectivity index (χ2n) is 6.69. The zero-order chi connectivity index (χ0) is 24.1. The number of aliphatic hydroxyl groups excluding tert-OH is 1. The highest BCUT2D eigenvalue weighted by Gasteiger charge is 2.54. The van der Waals surface area contributed by atoms with E-state index in [1.54, 1.807) is 6.07 Å². The van der Waals surface area contributed by atoms with Crippen molar-refractivity contribution in [2.24, 2.45) is 0 Å². The van der Waals surface area contributed by atoms with Gasteiger partial charge in [0, 0.05) is 6.20 Å². The van der Waals surface area contributed by atoms with E-state index in [0.717, 1.165) is 0 Å². The molecule has 0 saturated carbocycles. The molecule has 1 aliphatic rings. The number of halogens is 1. The average molecular weight is 537 g/mol. The lowest BCUT2D eigenvalue weighted by Crippen LogP contribution is -2.39. The largest absolute Gasteiger partial charge is 0.756 e. The molecule has 0 radical (unpaired) electrons. The van der Waals surface area contributed by atoms with Crippen LogP contribution in [0.15, 0.2) is 18.6 Å². The van der Waals surface area contributed by atoms with E-state index in [4.69, 9.17) is 27.0 Å². The molecule has 180 valence electrons. The average Bonchev–Trinajstić information content (AvgIpc) is 3.11. The number of nitrogens with two attached hydrogens (primary N) is 1. The van der Waals surface area contributed by atoms with E-state index < -0.39 is 53.4 Å². The second-order valence-corrected chi connectivity index (χ2v) is 11.8. The lowest BCUT2D eigenvalue weighted by atomic mass is 10.0. The molecule has 3 unspecified atom stereocenters. The fourth-order valence-electron chi connectivity index (χ4n) is 2.99. The summed E-state index contributed by atoms with van der Waals surface area (Å²) in [4.78, 5) is 46.1. The molecule has 20 heteroatoms. The number of phosphoric acid groups is 3. The fourth-order valence-corrected chi connectivity index (χ4v) is 6.22. The summed E-state index contributed by atoms with van der Waals surface area (Å²) < 4.78 is 52.0. The van der Waals surface area contributed by atoms with E-state index in [9.17, 15) is 33.5 Å². The topological polar surface area (TPSA) is 252 Å². The van der Waals surface area contributed by atoms with Gasteiger partial charge in [0.1, 0.15) is 34.9 Å². The van der Waals surface area contributed by atoms with Gasteiger partial charge in [0.2, 0.25) is 0 Å². The Hall–Kier alpha value is -0.960. The minimum atomic E-state index is -5.99. The number of nitrogens with zero attached hydrogens (tertiary/aromatic N) is 3. The highest BCUT2D eigenvalue weighted by atomic mass is 35.5. The van der Waals surface area contributed by atoms with Crippen LogP contribution in [0.2, 0.25) is 0 Å². The Bertz CT molecular complexity index is 1150. The number of aliphatic hydroxyl groups is 1. The first-order valence-corrected chi connectivity index (χ1v) is 13.2. The van der Waals surface area contributed by atoms with Crippen LogP contribution in [0.5, 0.6) is 0 Å². The molecule has 0 spiro atoms. The van der Waals surface area contributed by atoms with Gasteiger partial charge in [0.15, 0.2) is 6.23 Å². The highest BCUT2D eigenvalue weighted by Crippen LogP contribution is 2.63. The zero-order valence-corrected chi connectivity index (χ0v) is 19.3. The summed E-state index contributed by atoms with van der Waals surface area (Å²) >= 11 is 6.44. The molecule has 2 aromatic heterocycles. The minimum absolute atomic E-state index is 0.177. The number of phosphoric ester groups is 1. The number of aromatic nitrogens is 3. The van der Waals surface area contributed by atoms with Crippen LogP contribution >= 0.6 is 35.1 Å². The maximum atomic E-state index is 11.8. The molecule has 0 aliphatic carbocycles. The van der Waals surface area contributed by atoms with Crippen molar-refractivity contribution in [3.05, 3.63) is 18.6 Å². The molecule has 0 aromatic carbocycles. The number of alkyl halides is 1. The quantitative estimate of drug-likeness (QED) is 0.241. The maximum absolute atomic E-state index is 11.8. The molecule has 0 amide bonds. The van der Waals surface area contributed by atoms with E-state index in [2.05, 4.69) is 23.1 Å². The molecule has 1 aliphatic heterocycles.